The summed E-state index contributed by atoms with van der Waals surface area (Å²) in [5.41, 5.74) is 1.76. The van der Waals surface area contributed by atoms with Crippen LogP contribution in [-0.4, -0.2) is 36.3 Å². The highest BCUT2D eigenvalue weighted by molar-refractivity contribution is 7.89. The third kappa shape index (κ3) is 3.69. The minimum Gasteiger partial charge on any atom is -0.363 e. The van der Waals surface area contributed by atoms with Gasteiger partial charge in [-0.2, -0.15) is 4.31 Å². The van der Waals surface area contributed by atoms with Gasteiger partial charge < -0.3 is 10.3 Å². The van der Waals surface area contributed by atoms with Gasteiger partial charge in [0, 0.05) is 43.9 Å². The molecule has 0 aliphatic carbocycles. The first kappa shape index (κ1) is 15.7. The van der Waals surface area contributed by atoms with Gasteiger partial charge in [-0.25, -0.2) is 8.42 Å². The summed E-state index contributed by atoms with van der Waals surface area (Å²) >= 11 is 0. The maximum absolute atomic E-state index is 12.7. The normalized spacial score (nSPS) is 12.0. The molecule has 0 atom stereocenters. The van der Waals surface area contributed by atoms with Gasteiger partial charge >= 0.3 is 0 Å². The van der Waals surface area contributed by atoms with Crippen LogP contribution in [0.4, 0.5) is 0 Å². The number of nitrogens with zero attached hydrogens (tertiary/aromatic N) is 2. The zero-order valence-corrected chi connectivity index (χ0v) is 13.0. The number of aromatic nitrogens is 2. The van der Waals surface area contributed by atoms with Crippen molar-refractivity contribution in [3.63, 3.8) is 0 Å². The van der Waals surface area contributed by atoms with Crippen molar-refractivity contribution in [1.82, 2.24) is 19.6 Å². The largest absolute Gasteiger partial charge is 0.363 e. The quantitative estimate of drug-likeness (QED) is 0.809. The molecule has 0 saturated carbocycles. The van der Waals surface area contributed by atoms with E-state index in [-0.39, 0.29) is 0 Å². The summed E-state index contributed by atoms with van der Waals surface area (Å²) in [6.07, 6.45) is 4.87. The fourth-order valence-electron chi connectivity index (χ4n) is 2.07. The maximum Gasteiger partial charge on any atom is 0.244 e. The summed E-state index contributed by atoms with van der Waals surface area (Å²) in [4.78, 5) is 7.22. The lowest BCUT2D eigenvalue weighted by molar-refractivity contribution is 0.423. The van der Waals surface area contributed by atoms with E-state index in [1.165, 1.54) is 10.5 Å². The highest BCUT2D eigenvalue weighted by atomic mass is 32.2. The van der Waals surface area contributed by atoms with Crippen LogP contribution >= 0.6 is 0 Å². The first-order valence-electron chi connectivity index (χ1n) is 6.79. The second-order valence-electron chi connectivity index (χ2n) is 4.68. The third-order valence-electron chi connectivity index (χ3n) is 3.18. The van der Waals surface area contributed by atoms with Crippen LogP contribution in [0.3, 0.4) is 0 Å². The van der Waals surface area contributed by atoms with E-state index >= 15 is 0 Å². The van der Waals surface area contributed by atoms with E-state index in [4.69, 9.17) is 0 Å². The van der Waals surface area contributed by atoms with Crippen molar-refractivity contribution in [1.29, 1.82) is 0 Å². The van der Waals surface area contributed by atoms with Crippen LogP contribution in [0, 0.1) is 0 Å². The van der Waals surface area contributed by atoms with Crippen LogP contribution in [-0.2, 0) is 23.1 Å². The lowest BCUT2D eigenvalue weighted by Crippen LogP contribution is -2.30. The van der Waals surface area contributed by atoms with Crippen LogP contribution in [0.15, 0.2) is 41.7 Å². The van der Waals surface area contributed by atoms with Crippen LogP contribution in [0.25, 0.3) is 0 Å². The van der Waals surface area contributed by atoms with Crippen LogP contribution in [0.5, 0.6) is 0 Å². The van der Waals surface area contributed by atoms with Crippen molar-refractivity contribution in [3.05, 3.63) is 48.0 Å². The van der Waals surface area contributed by atoms with Crippen molar-refractivity contribution in [2.24, 2.45) is 0 Å². The van der Waals surface area contributed by atoms with Gasteiger partial charge in [0.2, 0.25) is 10.0 Å². The molecule has 0 unspecified atom stereocenters. The molecule has 0 amide bonds. The lowest BCUT2D eigenvalue weighted by Gasteiger charge is -2.19. The van der Waals surface area contributed by atoms with E-state index in [0.717, 1.165) is 11.3 Å². The Morgan fingerprint density at radius 2 is 2.05 bits per heavy atom. The summed E-state index contributed by atoms with van der Waals surface area (Å²) in [7, 11) is -1.68. The number of aromatic amines is 1. The zero-order valence-electron chi connectivity index (χ0n) is 12.2. The van der Waals surface area contributed by atoms with Gasteiger partial charge in [-0.1, -0.05) is 6.92 Å². The Bertz CT molecular complexity index is 667. The molecule has 0 radical (unpaired) electrons. The molecule has 7 heteroatoms. The molecule has 114 valence electrons. The van der Waals surface area contributed by atoms with E-state index in [2.05, 4.69) is 15.3 Å². The molecule has 2 aromatic rings. The molecule has 0 spiro atoms. The number of nitrogens with one attached hydrogen (secondary N) is 2. The molecule has 2 rings (SSSR count). The average Bonchev–Trinajstić information content (AvgIpc) is 2.95. The van der Waals surface area contributed by atoms with E-state index in [1.54, 1.807) is 18.5 Å². The van der Waals surface area contributed by atoms with E-state index in [9.17, 15) is 8.42 Å². The molecule has 2 heterocycles. The monoisotopic (exact) mass is 308 g/mol. The van der Waals surface area contributed by atoms with Crippen molar-refractivity contribution >= 4 is 10.0 Å². The van der Waals surface area contributed by atoms with Gasteiger partial charge in [0.1, 0.15) is 0 Å². The fourth-order valence-corrected chi connectivity index (χ4v) is 3.52. The summed E-state index contributed by atoms with van der Waals surface area (Å²) in [5.74, 6) is 0. The van der Waals surface area contributed by atoms with Gasteiger partial charge in [-0.15, -0.1) is 0 Å². The number of hydrogen-bond acceptors (Lipinski definition) is 4. The predicted octanol–water partition coefficient (Wildman–Crippen LogP) is 1.34. The van der Waals surface area contributed by atoms with E-state index in [1.807, 2.05) is 26.1 Å². The topological polar surface area (TPSA) is 78.1 Å². The summed E-state index contributed by atoms with van der Waals surface area (Å²) in [6, 6.07) is 5.31. The first-order chi connectivity index (χ1) is 10.1. The maximum atomic E-state index is 12.7. The first-order valence-corrected chi connectivity index (χ1v) is 8.23. The Morgan fingerprint density at radius 1 is 1.33 bits per heavy atom. The predicted molar refractivity (Wildman–Crippen MR) is 81.1 cm³/mol. The zero-order chi connectivity index (χ0) is 15.3. The fraction of sp³-hybridized carbons (Fsp3) is 0.357. The molecule has 0 aromatic carbocycles. The number of sulfonamides is 1. The van der Waals surface area contributed by atoms with Crippen molar-refractivity contribution in [2.45, 2.75) is 24.9 Å². The molecule has 0 aliphatic rings. The molecule has 2 aromatic heterocycles. The van der Waals surface area contributed by atoms with Crippen LogP contribution < -0.4 is 5.32 Å². The van der Waals surface area contributed by atoms with Crippen molar-refractivity contribution in [2.75, 3.05) is 13.6 Å². The van der Waals surface area contributed by atoms with Crippen LogP contribution in [0.1, 0.15) is 18.2 Å². The Morgan fingerprint density at radius 3 is 2.67 bits per heavy atom. The summed E-state index contributed by atoms with van der Waals surface area (Å²) < 4.78 is 26.8. The molecule has 6 nitrogen and oxygen atoms in total. The smallest absolute Gasteiger partial charge is 0.244 e. The van der Waals surface area contributed by atoms with Gasteiger partial charge in [0.25, 0.3) is 0 Å². The Labute approximate surface area is 125 Å². The third-order valence-corrected chi connectivity index (χ3v) is 5.08. The number of rotatable bonds is 7. The standard InChI is InChI=1S/C14H20N4O2S/c1-3-18(11-12-4-6-16-7-5-12)21(19,20)14-8-13(9-15-2)17-10-14/h4-8,10,15,17H,3,9,11H2,1-2H3. The molecular weight excluding hydrogens is 288 g/mol. The second kappa shape index (κ2) is 6.84. The minimum absolute atomic E-state index is 0.295. The number of pyridine rings is 1. The lowest BCUT2D eigenvalue weighted by atomic mass is 10.3. The second-order valence-corrected chi connectivity index (χ2v) is 6.62. The molecule has 2 N–H and O–H groups in total. The van der Waals surface area contributed by atoms with E-state index < -0.39 is 10.0 Å². The minimum atomic E-state index is -3.49. The molecule has 0 aliphatic heterocycles. The molecular formula is C14H20N4O2S. The van der Waals surface area contributed by atoms with Crippen LogP contribution in [0.2, 0.25) is 0 Å². The molecule has 0 bridgehead atoms. The van der Waals surface area contributed by atoms with E-state index in [0.29, 0.717) is 24.5 Å². The highest BCUT2D eigenvalue weighted by Gasteiger charge is 2.24. The van der Waals surface area contributed by atoms with Gasteiger partial charge in [-0.05, 0) is 30.8 Å². The molecule has 0 saturated heterocycles. The number of H-pyrrole nitrogens is 1. The van der Waals surface area contributed by atoms with Gasteiger partial charge in [-0.3, -0.25) is 4.98 Å². The molecule has 21 heavy (non-hydrogen) atoms. The summed E-state index contributed by atoms with van der Waals surface area (Å²) in [6.45, 7) is 3.19. The SMILES string of the molecule is CCN(Cc1ccncc1)S(=O)(=O)c1c[nH]c(CNC)c1. The van der Waals surface area contributed by atoms with Crippen molar-refractivity contribution in [3.8, 4) is 0 Å². The highest BCUT2D eigenvalue weighted by Crippen LogP contribution is 2.19. The molecule has 0 fully saturated rings. The Kier molecular flexibility index (Phi) is 5.11. The average molecular weight is 308 g/mol. The summed E-state index contributed by atoms with van der Waals surface area (Å²) in [5, 5.41) is 2.99. The Hall–Kier alpha value is -1.70. The van der Waals surface area contributed by atoms with Gasteiger partial charge in [0.05, 0.1) is 4.90 Å². The van der Waals surface area contributed by atoms with Crippen molar-refractivity contribution < 1.29 is 8.42 Å². The number of hydrogen-bond donors (Lipinski definition) is 2. The Balaban J connectivity index is 2.22. The van der Waals surface area contributed by atoms with Gasteiger partial charge in [0.15, 0.2) is 0 Å².